The van der Waals surface area contributed by atoms with Crippen LogP contribution in [0.3, 0.4) is 0 Å². The lowest BCUT2D eigenvalue weighted by atomic mass is 10.2. The summed E-state index contributed by atoms with van der Waals surface area (Å²) in [6, 6.07) is 0. The van der Waals surface area contributed by atoms with Gasteiger partial charge in [0.1, 0.15) is 6.54 Å². The van der Waals surface area contributed by atoms with E-state index >= 15 is 0 Å². The second-order valence-corrected chi connectivity index (χ2v) is 8.07. The van der Waals surface area contributed by atoms with E-state index in [-0.39, 0.29) is 24.7 Å². The zero-order valence-corrected chi connectivity index (χ0v) is 17.1. The van der Waals surface area contributed by atoms with E-state index in [0.717, 1.165) is 25.2 Å². The van der Waals surface area contributed by atoms with Crippen LogP contribution in [-0.4, -0.2) is 79.8 Å². The summed E-state index contributed by atoms with van der Waals surface area (Å²) in [6.07, 6.45) is 1.17. The molecule has 10 heteroatoms. The van der Waals surface area contributed by atoms with E-state index in [4.69, 9.17) is 4.74 Å². The highest BCUT2D eigenvalue weighted by molar-refractivity contribution is 7.09. The summed E-state index contributed by atoms with van der Waals surface area (Å²) in [5.74, 6) is 0.700. The molecule has 2 atom stereocenters. The number of hydrogen-bond acceptors (Lipinski definition) is 8. The van der Waals surface area contributed by atoms with E-state index in [1.807, 2.05) is 19.5 Å². The molecule has 0 radical (unpaired) electrons. The van der Waals surface area contributed by atoms with Crippen LogP contribution in [0.2, 0.25) is 0 Å². The maximum Gasteiger partial charge on any atom is 0.244 e. The Kier molecular flexibility index (Phi) is 6.51. The Bertz CT molecular complexity index is 752. The molecule has 9 nitrogen and oxygen atoms in total. The van der Waals surface area contributed by atoms with Crippen molar-refractivity contribution in [2.45, 2.75) is 52.5 Å². The third kappa shape index (κ3) is 5.30. The Labute approximate surface area is 163 Å². The molecule has 3 rings (SSSR count). The number of carbonyl (C=O) groups excluding carboxylic acids is 1. The van der Waals surface area contributed by atoms with Crippen molar-refractivity contribution in [2.75, 3.05) is 26.7 Å². The topological polar surface area (TPSA) is 89.3 Å². The van der Waals surface area contributed by atoms with Gasteiger partial charge in [-0.1, -0.05) is 0 Å². The first-order chi connectivity index (χ1) is 12.9. The number of likely N-dealkylation sites (N-methyl/N-ethyl adjacent to an activating group) is 1. The minimum Gasteiger partial charge on any atom is -0.373 e. The van der Waals surface area contributed by atoms with Gasteiger partial charge < -0.3 is 9.64 Å². The van der Waals surface area contributed by atoms with Crippen LogP contribution in [0.1, 0.15) is 30.2 Å². The van der Waals surface area contributed by atoms with Crippen molar-refractivity contribution in [1.82, 2.24) is 35.0 Å². The summed E-state index contributed by atoms with van der Waals surface area (Å²) >= 11 is 1.63. The number of hydrogen-bond donors (Lipinski definition) is 0. The molecule has 0 saturated carbocycles. The molecular formula is C17H27N7O2S. The lowest BCUT2D eigenvalue weighted by molar-refractivity contribution is -0.130. The van der Waals surface area contributed by atoms with Crippen LogP contribution >= 0.6 is 11.3 Å². The SMILES string of the molecule is Cc1ncsc1CCN(C)C(=O)Cn1nnnc1CN1C[C@@H](C)O[C@@H](C)C1. The molecule has 0 aromatic carbocycles. The van der Waals surface area contributed by atoms with Crippen LogP contribution in [0.4, 0.5) is 0 Å². The van der Waals surface area contributed by atoms with Gasteiger partial charge in [0.05, 0.1) is 30.0 Å². The van der Waals surface area contributed by atoms with Crippen molar-refractivity contribution < 1.29 is 9.53 Å². The number of aryl methyl sites for hydroxylation is 1. The van der Waals surface area contributed by atoms with E-state index in [1.54, 1.807) is 20.9 Å². The van der Waals surface area contributed by atoms with Gasteiger partial charge in [0.15, 0.2) is 5.82 Å². The van der Waals surface area contributed by atoms with Gasteiger partial charge in [0.25, 0.3) is 0 Å². The van der Waals surface area contributed by atoms with E-state index < -0.39 is 0 Å². The molecule has 1 aliphatic heterocycles. The summed E-state index contributed by atoms with van der Waals surface area (Å²) in [7, 11) is 1.81. The number of carbonyl (C=O) groups is 1. The van der Waals surface area contributed by atoms with Crippen LogP contribution < -0.4 is 0 Å². The highest BCUT2D eigenvalue weighted by Crippen LogP contribution is 2.14. The number of tetrazole rings is 1. The fourth-order valence-corrected chi connectivity index (χ4v) is 4.05. The Morgan fingerprint density at radius 1 is 1.37 bits per heavy atom. The molecule has 1 aliphatic rings. The van der Waals surface area contributed by atoms with Crippen molar-refractivity contribution in [1.29, 1.82) is 0 Å². The minimum atomic E-state index is -0.00516. The van der Waals surface area contributed by atoms with Crippen molar-refractivity contribution >= 4 is 17.2 Å². The second kappa shape index (κ2) is 8.85. The monoisotopic (exact) mass is 393 g/mol. The van der Waals surface area contributed by atoms with Crippen LogP contribution in [0.5, 0.6) is 0 Å². The summed E-state index contributed by atoms with van der Waals surface area (Å²) in [5.41, 5.74) is 2.88. The molecule has 2 aromatic rings. The molecule has 1 saturated heterocycles. The molecule has 2 aromatic heterocycles. The Hall–Kier alpha value is -1.91. The lowest BCUT2D eigenvalue weighted by Gasteiger charge is -2.34. The van der Waals surface area contributed by atoms with E-state index in [2.05, 4.69) is 39.3 Å². The number of rotatable bonds is 7. The molecular weight excluding hydrogens is 366 g/mol. The number of aromatic nitrogens is 5. The average molecular weight is 394 g/mol. The number of amides is 1. The summed E-state index contributed by atoms with van der Waals surface area (Å²) in [4.78, 5) is 22.0. The minimum absolute atomic E-state index is 0.00516. The predicted octanol–water partition coefficient (Wildman–Crippen LogP) is 0.748. The normalized spacial score (nSPS) is 20.7. The number of nitrogens with zero attached hydrogens (tertiary/aromatic N) is 7. The van der Waals surface area contributed by atoms with Gasteiger partial charge in [-0.3, -0.25) is 9.69 Å². The van der Waals surface area contributed by atoms with E-state index in [1.165, 1.54) is 4.88 Å². The average Bonchev–Trinajstić information content (AvgIpc) is 3.20. The van der Waals surface area contributed by atoms with E-state index in [9.17, 15) is 4.79 Å². The van der Waals surface area contributed by atoms with E-state index in [0.29, 0.717) is 18.9 Å². The zero-order chi connectivity index (χ0) is 19.4. The van der Waals surface area contributed by atoms with Crippen LogP contribution in [-0.2, 0) is 29.0 Å². The van der Waals surface area contributed by atoms with Crippen LogP contribution in [0.25, 0.3) is 0 Å². The third-order valence-corrected chi connectivity index (χ3v) is 5.69. The summed E-state index contributed by atoms with van der Waals surface area (Å²) < 4.78 is 7.36. The molecule has 148 valence electrons. The summed E-state index contributed by atoms with van der Waals surface area (Å²) in [5, 5.41) is 11.9. The first-order valence-corrected chi connectivity index (χ1v) is 10.1. The molecule has 0 unspecified atom stereocenters. The molecule has 0 spiro atoms. The third-order valence-electron chi connectivity index (χ3n) is 4.70. The zero-order valence-electron chi connectivity index (χ0n) is 16.3. The molecule has 0 aliphatic carbocycles. The molecule has 3 heterocycles. The smallest absolute Gasteiger partial charge is 0.244 e. The lowest BCUT2D eigenvalue weighted by Crippen LogP contribution is -2.45. The van der Waals surface area contributed by atoms with Gasteiger partial charge in [-0.05, 0) is 31.2 Å². The Balaban J connectivity index is 1.54. The highest BCUT2D eigenvalue weighted by atomic mass is 32.1. The Morgan fingerprint density at radius 2 is 2.11 bits per heavy atom. The fourth-order valence-electron chi connectivity index (χ4n) is 3.28. The maximum absolute atomic E-state index is 12.6. The van der Waals surface area contributed by atoms with Crippen LogP contribution in [0, 0.1) is 6.92 Å². The second-order valence-electron chi connectivity index (χ2n) is 7.13. The quantitative estimate of drug-likeness (QED) is 0.686. The molecule has 27 heavy (non-hydrogen) atoms. The van der Waals surface area contributed by atoms with Gasteiger partial charge in [0.2, 0.25) is 5.91 Å². The molecule has 0 bridgehead atoms. The number of morpholine rings is 1. The van der Waals surface area contributed by atoms with Crippen molar-refractivity contribution in [3.05, 3.63) is 21.9 Å². The first kappa shape index (κ1) is 19.8. The van der Waals surface area contributed by atoms with Gasteiger partial charge in [-0.15, -0.1) is 16.4 Å². The van der Waals surface area contributed by atoms with Gasteiger partial charge in [-0.25, -0.2) is 9.67 Å². The molecule has 1 amide bonds. The Morgan fingerprint density at radius 3 is 2.78 bits per heavy atom. The molecule has 0 N–H and O–H groups in total. The summed E-state index contributed by atoms with van der Waals surface area (Å²) in [6.45, 7) is 9.20. The maximum atomic E-state index is 12.6. The number of thiazole rings is 1. The number of ether oxygens (including phenoxy) is 1. The standard InChI is InChI=1S/C17H27N7O2S/c1-12-7-23(8-13(2)26-12)9-16-19-20-21-24(16)10-17(25)22(4)6-5-15-14(3)18-11-27-15/h11-13H,5-10H2,1-4H3/t12-,13+. The van der Waals surface area contributed by atoms with Crippen molar-refractivity contribution in [3.8, 4) is 0 Å². The van der Waals surface area contributed by atoms with Crippen molar-refractivity contribution in [2.24, 2.45) is 0 Å². The van der Waals surface area contributed by atoms with Crippen molar-refractivity contribution in [3.63, 3.8) is 0 Å². The molecule has 1 fully saturated rings. The van der Waals surface area contributed by atoms with Gasteiger partial charge in [-0.2, -0.15) is 0 Å². The van der Waals surface area contributed by atoms with Gasteiger partial charge in [0, 0.05) is 38.0 Å². The first-order valence-electron chi connectivity index (χ1n) is 9.18. The fraction of sp³-hybridized carbons (Fsp3) is 0.706. The predicted molar refractivity (Wildman–Crippen MR) is 101 cm³/mol. The largest absolute Gasteiger partial charge is 0.373 e. The van der Waals surface area contributed by atoms with Gasteiger partial charge >= 0.3 is 0 Å². The highest BCUT2D eigenvalue weighted by Gasteiger charge is 2.24. The van der Waals surface area contributed by atoms with Crippen LogP contribution in [0.15, 0.2) is 5.51 Å².